The number of aromatic nitrogens is 2. The molecular weight excluding hydrogens is 432 g/mol. The van der Waals surface area contributed by atoms with E-state index in [0.717, 1.165) is 25.6 Å². The van der Waals surface area contributed by atoms with Gasteiger partial charge in [-0.3, -0.25) is 4.79 Å². The number of thioether (sulfide) groups is 2. The Morgan fingerprint density at radius 1 is 1.07 bits per heavy atom. The van der Waals surface area contributed by atoms with E-state index in [2.05, 4.69) is 51.9 Å². The summed E-state index contributed by atoms with van der Waals surface area (Å²) in [6.07, 6.45) is 3.64. The maximum atomic E-state index is 12.0. The standard InChI is InChI=1S/C22H22N4OS3/c1-16-8-10-19(11-9-16)14-28-21-25-26-22(30-21)29-15-20(27)24-23-13-17(2)12-18-6-4-3-5-7-18/h3-13H,14-15H2,1-2H3,(H,24,27)/b17-12-,23-13+. The molecular formula is C22H22N4OS3. The van der Waals surface area contributed by atoms with Gasteiger partial charge in [0, 0.05) is 5.75 Å². The first-order chi connectivity index (χ1) is 14.6. The van der Waals surface area contributed by atoms with E-state index in [9.17, 15) is 4.79 Å². The van der Waals surface area contributed by atoms with Crippen molar-refractivity contribution in [3.05, 3.63) is 76.9 Å². The van der Waals surface area contributed by atoms with Crippen molar-refractivity contribution in [2.24, 2.45) is 5.10 Å². The van der Waals surface area contributed by atoms with Crippen LogP contribution in [0.5, 0.6) is 0 Å². The Hall–Kier alpha value is -2.42. The van der Waals surface area contributed by atoms with E-state index >= 15 is 0 Å². The van der Waals surface area contributed by atoms with Crippen LogP contribution >= 0.6 is 34.9 Å². The Labute approximate surface area is 189 Å². The third kappa shape index (κ3) is 7.78. The third-order valence-electron chi connectivity index (χ3n) is 3.85. The molecule has 0 saturated carbocycles. The zero-order valence-electron chi connectivity index (χ0n) is 16.7. The lowest BCUT2D eigenvalue weighted by Gasteiger charge is -1.99. The fourth-order valence-corrected chi connectivity index (χ4v) is 5.13. The van der Waals surface area contributed by atoms with Gasteiger partial charge in [0.05, 0.1) is 12.0 Å². The minimum Gasteiger partial charge on any atom is -0.272 e. The van der Waals surface area contributed by atoms with E-state index in [1.54, 1.807) is 18.0 Å². The third-order valence-corrected chi connectivity index (χ3v) is 7.11. The molecule has 8 heteroatoms. The Morgan fingerprint density at radius 3 is 2.50 bits per heavy atom. The average Bonchev–Trinajstić information content (AvgIpc) is 3.20. The monoisotopic (exact) mass is 454 g/mol. The number of carbonyl (C=O) groups is 1. The van der Waals surface area contributed by atoms with Gasteiger partial charge in [0.25, 0.3) is 5.91 Å². The number of carbonyl (C=O) groups excluding carboxylic acids is 1. The topological polar surface area (TPSA) is 67.2 Å². The lowest BCUT2D eigenvalue weighted by molar-refractivity contribution is -0.118. The molecule has 1 N–H and O–H groups in total. The summed E-state index contributed by atoms with van der Waals surface area (Å²) >= 11 is 4.52. The summed E-state index contributed by atoms with van der Waals surface area (Å²) in [5.74, 6) is 0.925. The maximum Gasteiger partial charge on any atom is 0.250 e. The molecule has 0 spiro atoms. The van der Waals surface area contributed by atoms with Crippen molar-refractivity contribution in [1.29, 1.82) is 0 Å². The molecule has 3 rings (SSSR count). The van der Waals surface area contributed by atoms with Gasteiger partial charge >= 0.3 is 0 Å². The number of rotatable bonds is 9. The SMILES string of the molecule is CC(=C/c1ccccc1)/C=N/NC(=O)CSc1nnc(SCc2ccc(C)cc2)s1. The van der Waals surface area contributed by atoms with Crippen molar-refractivity contribution >= 4 is 53.1 Å². The highest BCUT2D eigenvalue weighted by Gasteiger charge is 2.08. The van der Waals surface area contributed by atoms with E-state index in [1.165, 1.54) is 34.2 Å². The normalized spacial score (nSPS) is 11.7. The van der Waals surface area contributed by atoms with Crippen LogP contribution in [0.15, 0.2) is 74.0 Å². The average molecular weight is 455 g/mol. The lowest BCUT2D eigenvalue weighted by Crippen LogP contribution is -2.19. The van der Waals surface area contributed by atoms with Crippen molar-refractivity contribution in [2.45, 2.75) is 28.3 Å². The molecule has 0 saturated heterocycles. The first-order valence-electron chi connectivity index (χ1n) is 9.28. The number of allylic oxidation sites excluding steroid dienone is 1. The number of benzene rings is 2. The van der Waals surface area contributed by atoms with Crippen LogP contribution in [0, 0.1) is 6.92 Å². The highest BCUT2D eigenvalue weighted by Crippen LogP contribution is 2.30. The summed E-state index contributed by atoms with van der Waals surface area (Å²) in [6, 6.07) is 18.4. The second-order valence-corrected chi connectivity index (χ2v) is 9.91. The lowest BCUT2D eigenvalue weighted by atomic mass is 10.1. The van der Waals surface area contributed by atoms with Crippen LogP contribution < -0.4 is 5.43 Å². The van der Waals surface area contributed by atoms with E-state index in [-0.39, 0.29) is 11.7 Å². The summed E-state index contributed by atoms with van der Waals surface area (Å²) in [5, 5.41) is 12.4. The van der Waals surface area contributed by atoms with Crippen molar-refractivity contribution in [3.8, 4) is 0 Å². The van der Waals surface area contributed by atoms with Crippen LogP contribution in [0.1, 0.15) is 23.6 Å². The Bertz CT molecular complexity index is 1010. The van der Waals surface area contributed by atoms with Gasteiger partial charge in [-0.2, -0.15) is 5.10 Å². The molecule has 154 valence electrons. The van der Waals surface area contributed by atoms with Crippen LogP contribution in [0.4, 0.5) is 0 Å². The van der Waals surface area contributed by atoms with Crippen molar-refractivity contribution in [1.82, 2.24) is 15.6 Å². The molecule has 3 aromatic rings. The van der Waals surface area contributed by atoms with Gasteiger partial charge in [0.2, 0.25) is 0 Å². The van der Waals surface area contributed by atoms with Crippen molar-refractivity contribution in [2.75, 3.05) is 5.75 Å². The molecule has 0 aliphatic heterocycles. The Balaban J connectivity index is 1.39. The zero-order valence-corrected chi connectivity index (χ0v) is 19.2. The summed E-state index contributed by atoms with van der Waals surface area (Å²) in [6.45, 7) is 4.02. The second kappa shape index (κ2) is 11.7. The predicted molar refractivity (Wildman–Crippen MR) is 128 cm³/mol. The largest absolute Gasteiger partial charge is 0.272 e. The number of hydrogen-bond acceptors (Lipinski definition) is 7. The second-order valence-electron chi connectivity index (χ2n) is 6.49. The van der Waals surface area contributed by atoms with E-state index < -0.39 is 0 Å². The molecule has 0 fully saturated rings. The van der Waals surface area contributed by atoms with Gasteiger partial charge in [-0.05, 0) is 30.5 Å². The molecule has 0 radical (unpaired) electrons. The van der Waals surface area contributed by atoms with Gasteiger partial charge in [-0.25, -0.2) is 5.43 Å². The molecule has 0 bridgehead atoms. The number of aryl methyl sites for hydroxylation is 1. The molecule has 0 aliphatic carbocycles. The molecule has 0 atom stereocenters. The smallest absolute Gasteiger partial charge is 0.250 e. The van der Waals surface area contributed by atoms with Crippen molar-refractivity contribution in [3.63, 3.8) is 0 Å². The minimum absolute atomic E-state index is 0.173. The number of hydrogen-bond donors (Lipinski definition) is 1. The predicted octanol–water partition coefficient (Wildman–Crippen LogP) is 5.44. The van der Waals surface area contributed by atoms with Gasteiger partial charge in [-0.15, -0.1) is 10.2 Å². The number of hydrazone groups is 1. The van der Waals surface area contributed by atoms with Gasteiger partial charge < -0.3 is 0 Å². The van der Waals surface area contributed by atoms with Crippen LogP contribution in [0.2, 0.25) is 0 Å². The highest BCUT2D eigenvalue weighted by molar-refractivity contribution is 8.03. The fraction of sp³-hybridized carbons (Fsp3) is 0.182. The van der Waals surface area contributed by atoms with Crippen LogP contribution in [0.25, 0.3) is 6.08 Å². The van der Waals surface area contributed by atoms with Crippen LogP contribution in [-0.4, -0.2) is 28.1 Å². The highest BCUT2D eigenvalue weighted by atomic mass is 32.2. The Morgan fingerprint density at radius 2 is 1.77 bits per heavy atom. The quantitative estimate of drug-likeness (QED) is 0.265. The van der Waals surface area contributed by atoms with Crippen molar-refractivity contribution < 1.29 is 4.79 Å². The Kier molecular flexibility index (Phi) is 8.67. The summed E-state index contributed by atoms with van der Waals surface area (Å²) in [4.78, 5) is 12.0. The minimum atomic E-state index is -0.173. The van der Waals surface area contributed by atoms with Gasteiger partial charge in [0.15, 0.2) is 8.68 Å². The van der Waals surface area contributed by atoms with E-state index in [1.807, 2.05) is 43.3 Å². The molecule has 30 heavy (non-hydrogen) atoms. The van der Waals surface area contributed by atoms with Crippen LogP contribution in [0.3, 0.4) is 0 Å². The summed E-state index contributed by atoms with van der Waals surface area (Å²) in [5.41, 5.74) is 7.10. The number of nitrogens with zero attached hydrogens (tertiary/aromatic N) is 3. The van der Waals surface area contributed by atoms with E-state index in [0.29, 0.717) is 0 Å². The molecule has 0 unspecified atom stereocenters. The van der Waals surface area contributed by atoms with Crippen LogP contribution in [-0.2, 0) is 10.5 Å². The van der Waals surface area contributed by atoms with E-state index in [4.69, 9.17) is 0 Å². The number of amides is 1. The van der Waals surface area contributed by atoms with Gasteiger partial charge in [-0.1, -0.05) is 101 Å². The molecule has 1 amide bonds. The summed E-state index contributed by atoms with van der Waals surface area (Å²) < 4.78 is 1.68. The molecule has 1 aromatic heterocycles. The molecule has 1 heterocycles. The molecule has 2 aromatic carbocycles. The number of nitrogens with one attached hydrogen (secondary N) is 1. The first kappa shape index (κ1) is 22.3. The van der Waals surface area contributed by atoms with Gasteiger partial charge in [0.1, 0.15) is 0 Å². The molecule has 5 nitrogen and oxygen atoms in total. The molecule has 0 aliphatic rings. The fourth-order valence-electron chi connectivity index (χ4n) is 2.36. The maximum absolute atomic E-state index is 12.0. The first-order valence-corrected chi connectivity index (χ1v) is 12.1. The zero-order chi connectivity index (χ0) is 21.2. The summed E-state index contributed by atoms with van der Waals surface area (Å²) in [7, 11) is 0.